The number of aromatic amines is 1. The Morgan fingerprint density at radius 2 is 1.54 bits per heavy atom. The van der Waals surface area contributed by atoms with E-state index >= 15 is 0 Å². The second-order valence-corrected chi connectivity index (χ2v) is 14.5. The molecule has 1 unspecified atom stereocenters. The van der Waals surface area contributed by atoms with E-state index in [0.29, 0.717) is 38.3 Å². The fourth-order valence-electron chi connectivity index (χ4n) is 5.62. The molecule has 0 saturated carbocycles. The van der Waals surface area contributed by atoms with Crippen LogP contribution in [0.1, 0.15) is 73.5 Å². The number of nitrogens with one attached hydrogen (secondary N) is 4. The third-order valence-corrected chi connectivity index (χ3v) is 10.4. The van der Waals surface area contributed by atoms with Crippen LogP contribution in [-0.2, 0) is 34.0 Å². The molecule has 0 saturated heterocycles. The Labute approximate surface area is 297 Å². The Bertz CT molecular complexity index is 1720. The molecule has 3 aromatic rings. The number of hydrogen-bond donors (Lipinski definition) is 6. The van der Waals surface area contributed by atoms with Gasteiger partial charge in [-0.1, -0.05) is 57.9 Å². The van der Waals surface area contributed by atoms with Gasteiger partial charge in [0.15, 0.2) is 15.7 Å². The normalized spacial score (nSPS) is 13.3. The second-order valence-electron chi connectivity index (χ2n) is 12.1. The third kappa shape index (κ3) is 13.1. The van der Waals surface area contributed by atoms with Crippen molar-refractivity contribution in [1.29, 1.82) is 0 Å². The third-order valence-electron chi connectivity index (χ3n) is 8.09. The van der Waals surface area contributed by atoms with Crippen LogP contribution in [0.3, 0.4) is 0 Å². The number of carbonyl (C=O) groups excluding carboxylic acids is 2. The maximum absolute atomic E-state index is 14.1. The Morgan fingerprint density at radius 3 is 2.14 bits per heavy atom. The summed E-state index contributed by atoms with van der Waals surface area (Å²) in [5.41, 5.74) is 1.07. The monoisotopic (exact) mass is 740 g/mol. The van der Waals surface area contributed by atoms with Crippen molar-refractivity contribution in [3.8, 4) is 5.88 Å². The number of aliphatic hydroxyl groups is 1. The van der Waals surface area contributed by atoms with Gasteiger partial charge in [0, 0.05) is 31.3 Å². The molecule has 6 N–H and O–H groups in total. The zero-order valence-corrected chi connectivity index (χ0v) is 30.0. The van der Waals surface area contributed by atoms with E-state index < -0.39 is 73.9 Å². The van der Waals surface area contributed by atoms with Crippen molar-refractivity contribution < 1.29 is 37.0 Å². The molecule has 0 radical (unpaired) electrons. The van der Waals surface area contributed by atoms with Crippen molar-refractivity contribution >= 4 is 34.1 Å². The molecular formula is C35H47ClF2N4O7S. The topological polar surface area (TPSA) is 178 Å². The van der Waals surface area contributed by atoms with E-state index in [9.17, 15) is 41.8 Å². The molecule has 1 heterocycles. The van der Waals surface area contributed by atoms with Crippen molar-refractivity contribution in [2.75, 3.05) is 12.3 Å². The van der Waals surface area contributed by atoms with Gasteiger partial charge in [-0.15, -0.1) is 12.4 Å². The van der Waals surface area contributed by atoms with Crippen molar-refractivity contribution in [3.63, 3.8) is 0 Å². The van der Waals surface area contributed by atoms with Gasteiger partial charge in [-0.3, -0.25) is 19.4 Å². The molecule has 50 heavy (non-hydrogen) atoms. The van der Waals surface area contributed by atoms with Crippen LogP contribution in [0.4, 0.5) is 8.78 Å². The number of aromatic nitrogens is 1. The van der Waals surface area contributed by atoms with E-state index in [1.807, 2.05) is 45.0 Å². The number of pyridine rings is 1. The first kappa shape index (κ1) is 42.3. The Balaban J connectivity index is 0.00000867. The first-order valence-corrected chi connectivity index (χ1v) is 18.1. The van der Waals surface area contributed by atoms with Crippen molar-refractivity contribution in [1.82, 2.24) is 20.9 Å². The van der Waals surface area contributed by atoms with Gasteiger partial charge in [-0.25, -0.2) is 17.2 Å². The Morgan fingerprint density at radius 1 is 0.900 bits per heavy atom. The molecule has 0 aliphatic rings. The number of halogens is 3. The van der Waals surface area contributed by atoms with Crippen LogP contribution in [0.15, 0.2) is 59.4 Å². The van der Waals surface area contributed by atoms with Crippen LogP contribution in [-0.4, -0.2) is 71.2 Å². The smallest absolute Gasteiger partial charge is 0.252 e. The number of aryl methyl sites for hydroxylation is 1. The molecule has 0 aliphatic carbocycles. The summed E-state index contributed by atoms with van der Waals surface area (Å²) in [5, 5.41) is 28.4. The molecule has 2 aromatic carbocycles. The molecule has 2 amide bonds. The van der Waals surface area contributed by atoms with Crippen LogP contribution in [0.2, 0.25) is 0 Å². The number of amides is 2. The predicted molar refractivity (Wildman–Crippen MR) is 190 cm³/mol. The van der Waals surface area contributed by atoms with Gasteiger partial charge in [-0.05, 0) is 54.5 Å². The van der Waals surface area contributed by atoms with Gasteiger partial charge in [-0.2, -0.15) is 0 Å². The minimum absolute atomic E-state index is 0. The van der Waals surface area contributed by atoms with Gasteiger partial charge in [0.2, 0.25) is 5.91 Å². The quantitative estimate of drug-likeness (QED) is 0.108. The van der Waals surface area contributed by atoms with Crippen molar-refractivity contribution in [3.05, 3.63) is 98.8 Å². The number of rotatable bonds is 19. The largest absolute Gasteiger partial charge is 0.494 e. The first-order valence-electron chi connectivity index (χ1n) is 16.4. The number of aromatic hydroxyl groups is 1. The summed E-state index contributed by atoms with van der Waals surface area (Å²) in [4.78, 5) is 41.0. The lowest BCUT2D eigenvalue weighted by atomic mass is 10.00. The van der Waals surface area contributed by atoms with E-state index in [4.69, 9.17) is 0 Å². The Hall–Kier alpha value is -3.85. The highest BCUT2D eigenvalue weighted by atomic mass is 35.5. The lowest BCUT2D eigenvalue weighted by Crippen LogP contribution is -2.57. The fourth-order valence-corrected chi connectivity index (χ4v) is 7.78. The fraction of sp³-hybridized carbons (Fsp3) is 0.457. The lowest BCUT2D eigenvalue weighted by Gasteiger charge is -2.28. The van der Waals surface area contributed by atoms with Crippen LogP contribution < -0.4 is 21.5 Å². The van der Waals surface area contributed by atoms with E-state index in [-0.39, 0.29) is 36.5 Å². The summed E-state index contributed by atoms with van der Waals surface area (Å²) in [6.07, 6.45) is 1.07. The molecule has 0 bridgehead atoms. The van der Waals surface area contributed by atoms with Crippen LogP contribution in [0.25, 0.3) is 0 Å². The molecule has 11 nitrogen and oxygen atoms in total. The molecule has 0 spiro atoms. The number of aliphatic hydroxyl groups excluding tert-OH is 1. The van der Waals surface area contributed by atoms with Crippen molar-refractivity contribution in [2.45, 2.75) is 89.3 Å². The van der Waals surface area contributed by atoms with Crippen LogP contribution in [0, 0.1) is 11.6 Å². The first-order chi connectivity index (χ1) is 23.2. The number of benzene rings is 2. The zero-order chi connectivity index (χ0) is 36.1. The highest BCUT2D eigenvalue weighted by molar-refractivity contribution is 7.92. The van der Waals surface area contributed by atoms with Gasteiger partial charge >= 0.3 is 0 Å². The molecule has 0 fully saturated rings. The number of carbonyl (C=O) groups is 2. The lowest BCUT2D eigenvalue weighted by molar-refractivity contribution is -0.124. The number of H-pyrrole nitrogens is 1. The van der Waals surface area contributed by atoms with E-state index in [0.717, 1.165) is 41.8 Å². The SMILES string of the molecule is CCCC(CCC)S(=O)(=O)CC(NC(=O)c1cc(O)[nH]c(=O)c1)C(=O)N[C@@H](Cc1cc(F)cc(F)c1)[C@H](O)CNCc1cccc(CC)c1.Cl. The number of sulfone groups is 1. The van der Waals surface area contributed by atoms with E-state index in [2.05, 4.69) is 20.9 Å². The standard InChI is InChI=1S/C35H46F2N4O7S.ClH/c1-4-8-28(9-5-2)49(47,48)21-30(40-34(45)25-16-32(43)41-33(44)17-25)35(46)39-29(15-24-13-26(36)18-27(37)14-24)31(42)20-38-19-23-11-7-10-22(6-3)12-23;/h7,10-14,16-18,28-31,38,42H,4-6,8-9,15,19-21H2,1-3H3,(H,39,46)(H,40,45)(H2,41,43,44);1H/t29-,30?,31+;/m0./s1. The number of hydrogen-bond acceptors (Lipinski definition) is 8. The van der Waals surface area contributed by atoms with Gasteiger partial charge in [0.1, 0.15) is 17.7 Å². The molecule has 3 atom stereocenters. The maximum Gasteiger partial charge on any atom is 0.252 e. The van der Waals surface area contributed by atoms with Crippen LogP contribution >= 0.6 is 12.4 Å². The van der Waals surface area contributed by atoms with Crippen LogP contribution in [0.5, 0.6) is 5.88 Å². The summed E-state index contributed by atoms with van der Waals surface area (Å²) < 4.78 is 55.4. The summed E-state index contributed by atoms with van der Waals surface area (Å²) in [6, 6.07) is 9.56. The minimum Gasteiger partial charge on any atom is -0.494 e. The van der Waals surface area contributed by atoms with Gasteiger partial charge in [0.25, 0.3) is 11.5 Å². The highest BCUT2D eigenvalue weighted by Crippen LogP contribution is 2.18. The summed E-state index contributed by atoms with van der Waals surface area (Å²) >= 11 is 0. The molecule has 0 aliphatic heterocycles. The molecule has 276 valence electrons. The van der Waals surface area contributed by atoms with Crippen molar-refractivity contribution in [2.24, 2.45) is 0 Å². The zero-order valence-electron chi connectivity index (χ0n) is 28.4. The average molecular weight is 741 g/mol. The molecule has 15 heteroatoms. The highest BCUT2D eigenvalue weighted by Gasteiger charge is 2.34. The Kier molecular flexibility index (Phi) is 17.0. The average Bonchev–Trinajstić information content (AvgIpc) is 3.03. The molecule has 3 rings (SSSR count). The predicted octanol–water partition coefficient (Wildman–Crippen LogP) is 3.70. The van der Waals surface area contributed by atoms with E-state index in [1.165, 1.54) is 0 Å². The minimum atomic E-state index is -3.98. The summed E-state index contributed by atoms with van der Waals surface area (Å²) in [7, 11) is -3.98. The summed E-state index contributed by atoms with van der Waals surface area (Å²) in [5.74, 6) is -5.11. The van der Waals surface area contributed by atoms with E-state index in [1.54, 1.807) is 0 Å². The maximum atomic E-state index is 14.1. The summed E-state index contributed by atoms with van der Waals surface area (Å²) in [6.45, 7) is 6.00. The van der Waals surface area contributed by atoms with Gasteiger partial charge in [0.05, 0.1) is 28.7 Å². The molecule has 1 aromatic heterocycles. The molecular weight excluding hydrogens is 694 g/mol. The van der Waals surface area contributed by atoms with Gasteiger partial charge < -0.3 is 26.2 Å². The second kappa shape index (κ2) is 20.1.